The number of nitro groups is 1. The van der Waals surface area contributed by atoms with Crippen LogP contribution >= 0.6 is 7.75 Å². The molecule has 0 saturated carbocycles. The van der Waals surface area contributed by atoms with Crippen LogP contribution in [0.15, 0.2) is 0 Å². The van der Waals surface area contributed by atoms with Crippen molar-refractivity contribution in [3.05, 3.63) is 10.1 Å². The van der Waals surface area contributed by atoms with Crippen LogP contribution in [0.2, 0.25) is 0 Å². The molecule has 0 aromatic heterocycles. The standard InChI is InChI=1S/H2NO5P.H3N/c2-1(3)7(4,5)6;/h(H2,4,5,6);1H3. The Labute approximate surface area is 44.3 Å². The van der Waals surface area contributed by atoms with E-state index in [2.05, 4.69) is 0 Å². The molecule has 0 aliphatic rings. The molecule has 0 atom stereocenters. The summed E-state index contributed by atoms with van der Waals surface area (Å²) in [5.41, 5.74) is 0. The van der Waals surface area contributed by atoms with Crippen molar-refractivity contribution >= 4 is 7.75 Å². The molecule has 0 radical (unpaired) electrons. The van der Waals surface area contributed by atoms with Crippen LogP contribution in [0.3, 0.4) is 0 Å². The largest absolute Gasteiger partial charge is 0.660 e. The van der Waals surface area contributed by atoms with Crippen molar-refractivity contribution in [2.24, 2.45) is 0 Å². The smallest absolute Gasteiger partial charge is 0.344 e. The van der Waals surface area contributed by atoms with Gasteiger partial charge in [0, 0.05) is 0 Å². The second-order valence-electron chi connectivity index (χ2n) is 0.751. The molecule has 0 rings (SSSR count). The first-order valence-corrected chi connectivity index (χ1v) is 2.71. The molecule has 5 N–H and O–H groups in total. The molecular formula is H5N2O5P. The van der Waals surface area contributed by atoms with Gasteiger partial charge < -0.3 is 6.15 Å². The lowest BCUT2D eigenvalue weighted by atomic mass is 13.4. The van der Waals surface area contributed by atoms with Crippen molar-refractivity contribution in [3.63, 3.8) is 0 Å². The molecule has 0 heterocycles. The monoisotopic (exact) mass is 144 g/mol. The molecule has 0 aliphatic carbocycles. The third-order valence-electron chi connectivity index (χ3n) is 0.213. The third kappa shape index (κ3) is 3.69. The van der Waals surface area contributed by atoms with Gasteiger partial charge in [0.25, 0.3) is 0 Å². The minimum atomic E-state index is -5.02. The van der Waals surface area contributed by atoms with Crippen LogP contribution in [0.5, 0.6) is 0 Å². The Hall–Kier alpha value is -0.490. The minimum Gasteiger partial charge on any atom is -0.344 e. The van der Waals surface area contributed by atoms with E-state index >= 15 is 0 Å². The summed E-state index contributed by atoms with van der Waals surface area (Å²) in [5.74, 6) is 0. The van der Waals surface area contributed by atoms with Gasteiger partial charge in [0.05, 0.1) is 0 Å². The first kappa shape index (κ1) is 10.5. The Morgan fingerprint density at radius 3 is 1.62 bits per heavy atom. The van der Waals surface area contributed by atoms with Crippen molar-refractivity contribution in [2.75, 3.05) is 0 Å². The molecule has 0 spiro atoms. The van der Waals surface area contributed by atoms with E-state index in [9.17, 15) is 4.57 Å². The number of hydrogen-bond acceptors (Lipinski definition) is 4. The van der Waals surface area contributed by atoms with Gasteiger partial charge in [0.2, 0.25) is 0 Å². The second-order valence-corrected chi connectivity index (χ2v) is 2.10. The summed E-state index contributed by atoms with van der Waals surface area (Å²) in [6.45, 7) is 0. The maximum atomic E-state index is 9.33. The van der Waals surface area contributed by atoms with Crippen LogP contribution in [-0.4, -0.2) is 14.5 Å². The maximum Gasteiger partial charge on any atom is 0.660 e. The fourth-order valence-corrected chi connectivity index (χ4v) is 0. The van der Waals surface area contributed by atoms with Crippen molar-refractivity contribution in [3.8, 4) is 0 Å². The number of hydrogen-bond donors (Lipinski definition) is 3. The van der Waals surface area contributed by atoms with Crippen molar-refractivity contribution < 1.29 is 19.0 Å². The Balaban J connectivity index is 0. The first-order chi connectivity index (χ1) is 2.94. The Kier molecular flexibility index (Phi) is 3.58. The number of rotatable bonds is 1. The Morgan fingerprint density at radius 2 is 1.62 bits per heavy atom. The van der Waals surface area contributed by atoms with Gasteiger partial charge in [-0.05, 0) is 0 Å². The van der Waals surface area contributed by atoms with E-state index in [1.54, 1.807) is 0 Å². The molecule has 0 bridgehead atoms. The molecule has 0 unspecified atom stereocenters. The lowest BCUT2D eigenvalue weighted by Gasteiger charge is -1.86. The Morgan fingerprint density at radius 1 is 1.50 bits per heavy atom. The SMILES string of the molecule is N.O=[N+]([O-])P(=O)(O)O. The van der Waals surface area contributed by atoms with Crippen LogP contribution in [0.25, 0.3) is 0 Å². The van der Waals surface area contributed by atoms with E-state index < -0.39 is 12.4 Å². The Bertz CT molecular complexity index is 122. The highest BCUT2D eigenvalue weighted by Gasteiger charge is 2.29. The highest BCUT2D eigenvalue weighted by atomic mass is 31.2. The molecule has 0 saturated heterocycles. The zero-order valence-corrected chi connectivity index (χ0v) is 4.62. The molecule has 50 valence electrons. The molecule has 7 nitrogen and oxygen atoms in total. The van der Waals surface area contributed by atoms with E-state index in [1.807, 2.05) is 0 Å². The average molecular weight is 144 g/mol. The van der Waals surface area contributed by atoms with Gasteiger partial charge in [-0.3, -0.25) is 19.9 Å². The summed E-state index contributed by atoms with van der Waals surface area (Å²) in [4.78, 5) is 24.1. The minimum absolute atomic E-state index is 0. The van der Waals surface area contributed by atoms with Crippen LogP contribution in [-0.2, 0) is 4.57 Å². The molecule has 0 aromatic carbocycles. The number of nitrogens with zero attached hydrogens (tertiary/aromatic N) is 1. The quantitative estimate of drug-likeness (QED) is 0.258. The molecule has 0 aromatic rings. The predicted octanol–water partition coefficient (Wildman–Crippen LogP) is -0.482. The molecule has 0 fully saturated rings. The fraction of sp³-hybridized carbons (Fsp3) is 0. The van der Waals surface area contributed by atoms with Crippen molar-refractivity contribution in [1.82, 2.24) is 6.15 Å². The highest BCUT2D eigenvalue weighted by molar-refractivity contribution is 7.44. The van der Waals surface area contributed by atoms with Gasteiger partial charge in [-0.15, -0.1) is 0 Å². The van der Waals surface area contributed by atoms with Gasteiger partial charge in [0.15, 0.2) is 0 Å². The van der Waals surface area contributed by atoms with Crippen LogP contribution in [0.4, 0.5) is 0 Å². The van der Waals surface area contributed by atoms with Gasteiger partial charge in [-0.25, -0.2) is 0 Å². The van der Waals surface area contributed by atoms with Crippen molar-refractivity contribution in [1.29, 1.82) is 0 Å². The zero-order chi connectivity index (χ0) is 6.08. The average Bonchev–Trinajstić information content (AvgIpc) is 1.31. The molecule has 8 heavy (non-hydrogen) atoms. The van der Waals surface area contributed by atoms with E-state index in [1.165, 1.54) is 0 Å². The van der Waals surface area contributed by atoms with E-state index in [4.69, 9.17) is 19.9 Å². The van der Waals surface area contributed by atoms with Gasteiger partial charge in [0.1, 0.15) is 4.69 Å². The van der Waals surface area contributed by atoms with Gasteiger partial charge in [-0.2, -0.15) is 4.57 Å². The van der Waals surface area contributed by atoms with Gasteiger partial charge >= 0.3 is 7.75 Å². The van der Waals surface area contributed by atoms with E-state index in [0.717, 1.165) is 0 Å². The summed E-state index contributed by atoms with van der Waals surface area (Å²) < 4.78 is 7.68. The zero-order valence-electron chi connectivity index (χ0n) is 3.72. The fourth-order valence-electron chi connectivity index (χ4n) is 0. The van der Waals surface area contributed by atoms with Gasteiger partial charge in [-0.1, -0.05) is 0 Å². The summed E-state index contributed by atoms with van der Waals surface area (Å²) in [6, 6.07) is 0. The van der Waals surface area contributed by atoms with Crippen LogP contribution < -0.4 is 6.15 Å². The maximum absolute atomic E-state index is 9.33. The van der Waals surface area contributed by atoms with E-state index in [0.29, 0.717) is 0 Å². The molecule has 0 amide bonds. The topological polar surface area (TPSA) is 136 Å². The predicted molar refractivity (Wildman–Crippen MR) is 24.1 cm³/mol. The van der Waals surface area contributed by atoms with Crippen LogP contribution in [0.1, 0.15) is 0 Å². The summed E-state index contributed by atoms with van der Waals surface area (Å²) in [5, 5.41) is 9.06. The molecular weight excluding hydrogens is 139 g/mol. The normalized spacial score (nSPS) is 9.75. The summed E-state index contributed by atoms with van der Waals surface area (Å²) in [6.07, 6.45) is 0. The summed E-state index contributed by atoms with van der Waals surface area (Å²) >= 11 is 0. The lowest BCUT2D eigenvalue weighted by Crippen LogP contribution is -1.91. The second kappa shape index (κ2) is 2.73. The van der Waals surface area contributed by atoms with Crippen molar-refractivity contribution in [2.45, 2.75) is 0 Å². The summed E-state index contributed by atoms with van der Waals surface area (Å²) in [7, 11) is -5.02. The first-order valence-electron chi connectivity index (χ1n) is 1.15. The lowest BCUT2D eigenvalue weighted by molar-refractivity contribution is -0.341. The highest BCUT2D eigenvalue weighted by Crippen LogP contribution is 2.33. The molecule has 8 heteroatoms. The molecule has 0 aliphatic heterocycles. The van der Waals surface area contributed by atoms with Crippen LogP contribution in [0, 0.1) is 10.1 Å². The van der Waals surface area contributed by atoms with E-state index in [-0.39, 0.29) is 6.15 Å². The third-order valence-corrected chi connectivity index (χ3v) is 0.638.